The molecule has 0 fully saturated rings. The van der Waals surface area contributed by atoms with Gasteiger partial charge in [0.05, 0.1) is 15.0 Å². The summed E-state index contributed by atoms with van der Waals surface area (Å²) in [6.45, 7) is 4.60. The number of nitrogens with two attached hydrogens (primary N) is 2. The van der Waals surface area contributed by atoms with E-state index in [0.717, 1.165) is 12.3 Å². The van der Waals surface area contributed by atoms with Gasteiger partial charge in [-0.05, 0) is 38.0 Å². The van der Waals surface area contributed by atoms with E-state index in [1.807, 2.05) is 0 Å². The number of carbonyl (C=O) groups excluding carboxylic acids is 1. The fraction of sp³-hybridized carbons (Fsp3) is 0.429. The Labute approximate surface area is 141 Å². The van der Waals surface area contributed by atoms with Crippen molar-refractivity contribution in [2.75, 3.05) is 6.26 Å². The van der Waals surface area contributed by atoms with Crippen LogP contribution in [0, 0.1) is 0 Å². The molecule has 24 heavy (non-hydrogen) atoms. The second-order valence-electron chi connectivity index (χ2n) is 5.52. The summed E-state index contributed by atoms with van der Waals surface area (Å²) in [4.78, 5) is 14.7. The van der Waals surface area contributed by atoms with Crippen molar-refractivity contribution < 1.29 is 21.6 Å². The molecule has 0 spiro atoms. The molecule has 4 N–H and O–H groups in total. The molecule has 0 radical (unpaired) electrons. The third-order valence-electron chi connectivity index (χ3n) is 3.34. The molecular weight excluding hydrogens is 354 g/mol. The number of benzene rings is 1. The van der Waals surface area contributed by atoms with Crippen LogP contribution in [-0.4, -0.2) is 40.2 Å². The van der Waals surface area contributed by atoms with E-state index >= 15 is 0 Å². The molecule has 0 aromatic heterocycles. The lowest BCUT2D eigenvalue weighted by atomic mass is 10.0. The highest BCUT2D eigenvalue weighted by Gasteiger charge is 2.29. The summed E-state index contributed by atoms with van der Waals surface area (Å²) in [5.74, 6) is -1.30. The molecule has 0 heterocycles. The molecule has 0 saturated heterocycles. The van der Waals surface area contributed by atoms with Gasteiger partial charge in [0.1, 0.15) is 0 Å². The fourth-order valence-electron chi connectivity index (χ4n) is 2.04. The molecule has 10 heteroatoms. The summed E-state index contributed by atoms with van der Waals surface area (Å²) in [7, 11) is -7.77. The van der Waals surface area contributed by atoms with Gasteiger partial charge in [0, 0.05) is 11.8 Å². The summed E-state index contributed by atoms with van der Waals surface area (Å²) in [6.07, 6.45) is 1.17. The van der Waals surface area contributed by atoms with E-state index in [2.05, 4.69) is 4.99 Å². The Morgan fingerprint density at radius 1 is 1.12 bits per heavy atom. The number of rotatable bonds is 5. The van der Waals surface area contributed by atoms with E-state index in [1.165, 1.54) is 19.9 Å². The van der Waals surface area contributed by atoms with Gasteiger partial charge in [-0.2, -0.15) is 4.99 Å². The topological polar surface area (TPSA) is 150 Å². The first-order valence-corrected chi connectivity index (χ1v) is 10.5. The van der Waals surface area contributed by atoms with Crippen LogP contribution >= 0.6 is 0 Å². The predicted molar refractivity (Wildman–Crippen MR) is 91.4 cm³/mol. The van der Waals surface area contributed by atoms with Gasteiger partial charge in [0.15, 0.2) is 25.6 Å². The van der Waals surface area contributed by atoms with Crippen LogP contribution in [0.4, 0.5) is 0 Å². The highest BCUT2D eigenvalue weighted by molar-refractivity contribution is 7.94. The Morgan fingerprint density at radius 3 is 2.04 bits per heavy atom. The van der Waals surface area contributed by atoms with Gasteiger partial charge in [0.25, 0.3) is 5.91 Å². The van der Waals surface area contributed by atoms with Gasteiger partial charge in [-0.15, -0.1) is 0 Å². The summed E-state index contributed by atoms with van der Waals surface area (Å²) in [6, 6.07) is 2.24. The van der Waals surface area contributed by atoms with Crippen LogP contribution in [0.2, 0.25) is 0 Å². The van der Waals surface area contributed by atoms with Crippen LogP contribution in [-0.2, 0) is 26.1 Å². The number of aryl methyl sites for hydroxylation is 1. The van der Waals surface area contributed by atoms with Crippen molar-refractivity contribution in [3.8, 4) is 0 Å². The lowest BCUT2D eigenvalue weighted by Gasteiger charge is -2.15. The van der Waals surface area contributed by atoms with Crippen LogP contribution in [0.5, 0.6) is 0 Å². The van der Waals surface area contributed by atoms with Gasteiger partial charge in [0.2, 0.25) is 0 Å². The first-order valence-electron chi connectivity index (χ1n) is 7.07. The number of carbonyl (C=O) groups is 1. The smallest absolute Gasteiger partial charge is 0.280 e. The third kappa shape index (κ3) is 4.12. The zero-order chi connectivity index (χ0) is 18.9. The molecule has 0 saturated carbocycles. The van der Waals surface area contributed by atoms with Gasteiger partial charge in [-0.25, -0.2) is 16.8 Å². The SMILES string of the molecule is CCc1cc(S(=O)(=O)C(C)C)c(S(C)(=O)=O)cc1C(=O)N=C(N)N. The molecular formula is C14H21N3O5S2. The van der Waals surface area contributed by atoms with E-state index in [1.54, 1.807) is 6.92 Å². The van der Waals surface area contributed by atoms with E-state index in [0.29, 0.717) is 12.0 Å². The number of sulfone groups is 2. The van der Waals surface area contributed by atoms with Gasteiger partial charge in [-0.1, -0.05) is 6.92 Å². The molecule has 0 bridgehead atoms. The maximum Gasteiger partial charge on any atom is 0.280 e. The number of nitrogens with zero attached hydrogens (tertiary/aromatic N) is 1. The second kappa shape index (κ2) is 6.89. The molecule has 134 valence electrons. The van der Waals surface area contributed by atoms with Crippen molar-refractivity contribution >= 4 is 31.5 Å². The molecule has 8 nitrogen and oxygen atoms in total. The highest BCUT2D eigenvalue weighted by Crippen LogP contribution is 2.29. The molecule has 0 aliphatic heterocycles. The summed E-state index contributed by atoms with van der Waals surface area (Å²) < 4.78 is 49.1. The number of aliphatic imine (C=N–C) groups is 1. The van der Waals surface area contributed by atoms with E-state index < -0.39 is 41.7 Å². The lowest BCUT2D eigenvalue weighted by Crippen LogP contribution is -2.25. The molecule has 0 aliphatic rings. The Balaban J connectivity index is 3.90. The first kappa shape index (κ1) is 20.1. The maximum atomic E-state index is 12.5. The van der Waals surface area contributed by atoms with Gasteiger partial charge < -0.3 is 11.5 Å². The molecule has 1 amide bonds. The number of hydrogen-bond acceptors (Lipinski definition) is 5. The molecule has 1 aromatic rings. The predicted octanol–water partition coefficient (Wildman–Crippen LogP) is 0.248. The standard InChI is InChI=1S/C14H21N3O5S2/c1-5-9-6-12(24(21,22)8(2)3)11(23(4,19)20)7-10(9)13(18)17-14(15)16/h6-8H,5H2,1-4H3,(H4,15,16,17,18). The van der Waals surface area contributed by atoms with Crippen molar-refractivity contribution in [3.05, 3.63) is 23.3 Å². The van der Waals surface area contributed by atoms with Gasteiger partial charge >= 0.3 is 0 Å². The summed E-state index contributed by atoms with van der Waals surface area (Å²) in [5.41, 5.74) is 10.7. The normalized spacial score (nSPS) is 12.2. The minimum absolute atomic E-state index is 0.0472. The molecule has 1 rings (SSSR count). The van der Waals surface area contributed by atoms with Crippen LogP contribution in [0.15, 0.2) is 26.9 Å². The number of amides is 1. The quantitative estimate of drug-likeness (QED) is 0.553. The second-order valence-corrected chi connectivity index (χ2v) is 9.97. The summed E-state index contributed by atoms with van der Waals surface area (Å²) >= 11 is 0. The Kier molecular flexibility index (Phi) is 5.78. The minimum Gasteiger partial charge on any atom is -0.370 e. The molecule has 0 unspecified atom stereocenters. The largest absolute Gasteiger partial charge is 0.370 e. The fourth-order valence-corrected chi connectivity index (χ4v) is 4.75. The van der Waals surface area contributed by atoms with Crippen LogP contribution in [0.1, 0.15) is 36.7 Å². The van der Waals surface area contributed by atoms with Crippen LogP contribution in [0.3, 0.4) is 0 Å². The first-order chi connectivity index (χ1) is 10.8. The van der Waals surface area contributed by atoms with Crippen molar-refractivity contribution in [1.82, 2.24) is 0 Å². The molecule has 0 aliphatic carbocycles. The maximum absolute atomic E-state index is 12.5. The Bertz CT molecular complexity index is 897. The zero-order valence-electron chi connectivity index (χ0n) is 13.9. The molecule has 1 aromatic carbocycles. The van der Waals surface area contributed by atoms with Crippen LogP contribution < -0.4 is 11.5 Å². The summed E-state index contributed by atoms with van der Waals surface area (Å²) in [5, 5.41) is -0.818. The van der Waals surface area contributed by atoms with Crippen LogP contribution in [0.25, 0.3) is 0 Å². The minimum atomic E-state index is -3.90. The Morgan fingerprint density at radius 2 is 1.67 bits per heavy atom. The van der Waals surface area contributed by atoms with Crippen molar-refractivity contribution in [2.45, 2.75) is 42.2 Å². The highest BCUT2D eigenvalue weighted by atomic mass is 32.2. The average Bonchev–Trinajstić information content (AvgIpc) is 2.43. The van der Waals surface area contributed by atoms with Gasteiger partial charge in [-0.3, -0.25) is 4.79 Å². The lowest BCUT2D eigenvalue weighted by molar-refractivity contribution is 0.100. The monoisotopic (exact) mass is 375 g/mol. The Hall–Kier alpha value is -1.94. The number of guanidine groups is 1. The third-order valence-corrected chi connectivity index (χ3v) is 6.80. The number of hydrogen-bond donors (Lipinski definition) is 2. The van der Waals surface area contributed by atoms with Crippen molar-refractivity contribution in [1.29, 1.82) is 0 Å². The average molecular weight is 375 g/mol. The van der Waals surface area contributed by atoms with Crippen molar-refractivity contribution in [2.24, 2.45) is 16.5 Å². The molecule has 0 atom stereocenters. The van der Waals surface area contributed by atoms with E-state index in [9.17, 15) is 21.6 Å². The zero-order valence-corrected chi connectivity index (χ0v) is 15.5. The van der Waals surface area contributed by atoms with E-state index in [4.69, 9.17) is 11.5 Å². The van der Waals surface area contributed by atoms with Crippen molar-refractivity contribution in [3.63, 3.8) is 0 Å². The van der Waals surface area contributed by atoms with E-state index in [-0.39, 0.29) is 10.5 Å².